The molecule has 0 bridgehead atoms. The van der Waals surface area contributed by atoms with Crippen LogP contribution in [0.15, 0.2) is 23.7 Å². The number of thiazole rings is 1. The monoisotopic (exact) mass is 313 g/mol. The van der Waals surface area contributed by atoms with Crippen LogP contribution in [0.5, 0.6) is 0 Å². The largest absolute Gasteiger partial charge is 0.396 e. The molecular formula is C17H19N3OS. The molecule has 5 heteroatoms. The maximum atomic E-state index is 9.40. The van der Waals surface area contributed by atoms with E-state index < -0.39 is 0 Å². The third-order valence-corrected chi connectivity index (χ3v) is 5.32. The molecule has 1 aromatic carbocycles. The Morgan fingerprint density at radius 3 is 2.77 bits per heavy atom. The molecule has 1 saturated heterocycles. The standard InChI is InChI=1S/C17H19N3OS/c1-12-17(22-11-19-12)14-2-3-15(9-18)16(8-14)20-6-4-13(10-21)5-7-20/h2-3,8,11,13,21H,4-7,10H2,1H3. The van der Waals surface area contributed by atoms with E-state index >= 15 is 0 Å². The molecule has 1 N–H and O–H groups in total. The minimum Gasteiger partial charge on any atom is -0.396 e. The van der Waals surface area contributed by atoms with E-state index in [1.54, 1.807) is 11.3 Å². The van der Waals surface area contributed by atoms with E-state index in [4.69, 9.17) is 0 Å². The summed E-state index contributed by atoms with van der Waals surface area (Å²) in [5, 5.41) is 18.7. The summed E-state index contributed by atoms with van der Waals surface area (Å²) in [7, 11) is 0. The molecule has 0 atom stereocenters. The first-order valence-corrected chi connectivity index (χ1v) is 8.41. The van der Waals surface area contributed by atoms with Gasteiger partial charge in [-0.05, 0) is 43.4 Å². The van der Waals surface area contributed by atoms with Gasteiger partial charge in [0.2, 0.25) is 0 Å². The first-order valence-electron chi connectivity index (χ1n) is 7.53. The maximum Gasteiger partial charge on any atom is 0.101 e. The van der Waals surface area contributed by atoms with Gasteiger partial charge in [-0.3, -0.25) is 0 Å². The lowest BCUT2D eigenvalue weighted by atomic mass is 9.96. The second-order valence-corrected chi connectivity index (χ2v) is 6.58. The second kappa shape index (κ2) is 6.47. The van der Waals surface area contributed by atoms with E-state index in [0.29, 0.717) is 11.5 Å². The van der Waals surface area contributed by atoms with E-state index in [1.807, 2.05) is 24.6 Å². The lowest BCUT2D eigenvalue weighted by Gasteiger charge is -2.33. The number of piperidine rings is 1. The Hall–Kier alpha value is -1.90. The summed E-state index contributed by atoms with van der Waals surface area (Å²) in [6.07, 6.45) is 1.95. The molecule has 0 spiro atoms. The van der Waals surface area contributed by atoms with Crippen molar-refractivity contribution < 1.29 is 5.11 Å². The van der Waals surface area contributed by atoms with Gasteiger partial charge in [-0.25, -0.2) is 4.98 Å². The number of nitrogens with zero attached hydrogens (tertiary/aromatic N) is 3. The number of nitriles is 1. The van der Waals surface area contributed by atoms with Crippen LogP contribution >= 0.6 is 11.3 Å². The average Bonchev–Trinajstić information content (AvgIpc) is 3.00. The number of hydrogen-bond acceptors (Lipinski definition) is 5. The predicted octanol–water partition coefficient (Wildman–Crippen LogP) is 3.20. The molecule has 0 radical (unpaired) electrons. The second-order valence-electron chi connectivity index (χ2n) is 5.72. The lowest BCUT2D eigenvalue weighted by molar-refractivity contribution is 0.203. The van der Waals surface area contributed by atoms with Gasteiger partial charge < -0.3 is 10.0 Å². The summed E-state index contributed by atoms with van der Waals surface area (Å²) in [5.41, 5.74) is 5.73. The van der Waals surface area contributed by atoms with Crippen molar-refractivity contribution in [1.29, 1.82) is 5.26 Å². The first-order chi connectivity index (χ1) is 10.7. The third kappa shape index (κ3) is 2.85. The van der Waals surface area contributed by atoms with E-state index in [0.717, 1.165) is 47.8 Å². The number of benzene rings is 1. The van der Waals surface area contributed by atoms with Crippen LogP contribution in [0.4, 0.5) is 5.69 Å². The summed E-state index contributed by atoms with van der Waals surface area (Å²) >= 11 is 1.63. The van der Waals surface area contributed by atoms with Gasteiger partial charge in [0.05, 0.1) is 27.3 Å². The SMILES string of the molecule is Cc1ncsc1-c1ccc(C#N)c(N2CCC(CO)CC2)c1. The van der Waals surface area contributed by atoms with Crippen molar-refractivity contribution in [3.63, 3.8) is 0 Å². The minimum absolute atomic E-state index is 0.263. The summed E-state index contributed by atoms with van der Waals surface area (Å²) in [5.74, 6) is 0.397. The maximum absolute atomic E-state index is 9.40. The Balaban J connectivity index is 1.93. The summed E-state index contributed by atoms with van der Waals surface area (Å²) in [6, 6.07) is 8.32. The molecule has 0 amide bonds. The van der Waals surface area contributed by atoms with E-state index in [2.05, 4.69) is 22.0 Å². The van der Waals surface area contributed by atoms with Gasteiger partial charge in [-0.1, -0.05) is 6.07 Å². The van der Waals surface area contributed by atoms with Gasteiger partial charge in [-0.2, -0.15) is 5.26 Å². The number of aromatic nitrogens is 1. The number of aliphatic hydroxyl groups excluding tert-OH is 1. The highest BCUT2D eigenvalue weighted by Gasteiger charge is 2.21. The number of anilines is 1. The zero-order chi connectivity index (χ0) is 15.5. The van der Waals surface area contributed by atoms with E-state index in [9.17, 15) is 10.4 Å². The topological polar surface area (TPSA) is 60.2 Å². The Labute approximate surface area is 134 Å². The zero-order valence-corrected chi connectivity index (χ0v) is 13.4. The Morgan fingerprint density at radius 1 is 1.41 bits per heavy atom. The van der Waals surface area contributed by atoms with Gasteiger partial charge in [0.15, 0.2) is 0 Å². The molecule has 1 aliphatic heterocycles. The molecule has 0 saturated carbocycles. The fourth-order valence-corrected chi connectivity index (χ4v) is 3.77. The van der Waals surface area contributed by atoms with Gasteiger partial charge >= 0.3 is 0 Å². The summed E-state index contributed by atoms with van der Waals surface area (Å²) in [6.45, 7) is 4.06. The number of aryl methyl sites for hydroxylation is 1. The van der Waals surface area contributed by atoms with Crippen LogP contribution in [0.25, 0.3) is 10.4 Å². The van der Waals surface area contributed by atoms with Gasteiger partial charge in [0.25, 0.3) is 0 Å². The van der Waals surface area contributed by atoms with Gasteiger partial charge in [0, 0.05) is 19.7 Å². The highest BCUT2D eigenvalue weighted by atomic mass is 32.1. The Morgan fingerprint density at radius 2 is 2.18 bits per heavy atom. The third-order valence-electron chi connectivity index (χ3n) is 4.34. The van der Waals surface area contributed by atoms with Crippen LogP contribution in [0.1, 0.15) is 24.1 Å². The van der Waals surface area contributed by atoms with Crippen LogP contribution in [-0.4, -0.2) is 29.8 Å². The average molecular weight is 313 g/mol. The first kappa shape index (κ1) is 15.0. The quantitative estimate of drug-likeness (QED) is 0.945. The summed E-state index contributed by atoms with van der Waals surface area (Å²) in [4.78, 5) is 7.74. The Bertz CT molecular complexity index is 696. The fraction of sp³-hybridized carbons (Fsp3) is 0.412. The van der Waals surface area contributed by atoms with Crippen LogP contribution in [0.2, 0.25) is 0 Å². The van der Waals surface area contributed by atoms with Crippen LogP contribution < -0.4 is 4.90 Å². The number of aliphatic hydroxyl groups is 1. The van der Waals surface area contributed by atoms with Crippen LogP contribution in [0, 0.1) is 24.2 Å². The molecule has 2 aromatic rings. The van der Waals surface area contributed by atoms with Gasteiger partial charge in [-0.15, -0.1) is 11.3 Å². The van der Waals surface area contributed by atoms with Crippen molar-refractivity contribution in [2.24, 2.45) is 5.92 Å². The molecule has 4 nitrogen and oxygen atoms in total. The predicted molar refractivity (Wildman–Crippen MR) is 89.0 cm³/mol. The highest BCUT2D eigenvalue weighted by molar-refractivity contribution is 7.13. The van der Waals surface area contributed by atoms with E-state index in [-0.39, 0.29) is 6.61 Å². The van der Waals surface area contributed by atoms with Crippen molar-refractivity contribution >= 4 is 17.0 Å². The van der Waals surface area contributed by atoms with Crippen molar-refractivity contribution in [1.82, 2.24) is 4.98 Å². The molecule has 3 rings (SSSR count). The van der Waals surface area contributed by atoms with Crippen molar-refractivity contribution in [3.8, 4) is 16.5 Å². The van der Waals surface area contributed by atoms with Crippen LogP contribution in [0.3, 0.4) is 0 Å². The van der Waals surface area contributed by atoms with Crippen molar-refractivity contribution in [2.45, 2.75) is 19.8 Å². The zero-order valence-electron chi connectivity index (χ0n) is 12.6. The minimum atomic E-state index is 0.263. The molecule has 22 heavy (non-hydrogen) atoms. The molecule has 2 heterocycles. The van der Waals surface area contributed by atoms with Crippen LogP contribution in [-0.2, 0) is 0 Å². The molecule has 0 unspecified atom stereocenters. The highest BCUT2D eigenvalue weighted by Crippen LogP contribution is 2.33. The Kier molecular flexibility index (Phi) is 4.41. The number of hydrogen-bond donors (Lipinski definition) is 1. The van der Waals surface area contributed by atoms with Crippen molar-refractivity contribution in [3.05, 3.63) is 35.0 Å². The van der Waals surface area contributed by atoms with Gasteiger partial charge in [0.1, 0.15) is 6.07 Å². The normalized spacial score (nSPS) is 15.8. The van der Waals surface area contributed by atoms with E-state index in [1.165, 1.54) is 0 Å². The molecule has 1 aliphatic rings. The van der Waals surface area contributed by atoms with Crippen molar-refractivity contribution in [2.75, 3.05) is 24.6 Å². The summed E-state index contributed by atoms with van der Waals surface area (Å²) < 4.78 is 0. The molecule has 1 fully saturated rings. The molecule has 1 aromatic heterocycles. The lowest BCUT2D eigenvalue weighted by Crippen LogP contribution is -2.35. The fourth-order valence-electron chi connectivity index (χ4n) is 2.96. The number of rotatable bonds is 3. The molecule has 114 valence electrons. The smallest absolute Gasteiger partial charge is 0.101 e. The molecule has 0 aliphatic carbocycles. The molecular weight excluding hydrogens is 294 g/mol.